The molecule has 0 aliphatic rings. The lowest BCUT2D eigenvalue weighted by Crippen LogP contribution is -2.22. The Morgan fingerprint density at radius 1 is 1.14 bits per heavy atom. The lowest BCUT2D eigenvalue weighted by atomic mass is 10.2. The van der Waals surface area contributed by atoms with Gasteiger partial charge in [-0.25, -0.2) is 0 Å². The first-order valence-electron chi connectivity index (χ1n) is 6.45. The van der Waals surface area contributed by atoms with Gasteiger partial charge >= 0.3 is 0 Å². The summed E-state index contributed by atoms with van der Waals surface area (Å²) in [6.07, 6.45) is 1.75. The molecular weight excluding hydrogens is 292 g/mol. The molecule has 0 atom stereocenters. The van der Waals surface area contributed by atoms with Crippen molar-refractivity contribution in [3.05, 3.63) is 54.0 Å². The van der Waals surface area contributed by atoms with Crippen LogP contribution in [0.4, 0.5) is 5.69 Å². The molecule has 0 spiro atoms. The molecule has 1 aromatic heterocycles. The largest absolute Gasteiger partial charge is 0.459 e. The van der Waals surface area contributed by atoms with Crippen molar-refractivity contribution >= 4 is 29.1 Å². The second kappa shape index (κ2) is 7.50. The third kappa shape index (κ3) is 4.65. The van der Waals surface area contributed by atoms with E-state index in [-0.39, 0.29) is 17.6 Å². The van der Waals surface area contributed by atoms with Crippen molar-refractivity contribution in [2.45, 2.75) is 13.0 Å². The van der Waals surface area contributed by atoms with Gasteiger partial charge in [0, 0.05) is 24.5 Å². The predicted octanol–water partition coefficient (Wildman–Crippen LogP) is 2.78. The fourth-order valence-electron chi connectivity index (χ4n) is 1.68. The van der Waals surface area contributed by atoms with Crippen molar-refractivity contribution in [3.63, 3.8) is 0 Å². The quantitative estimate of drug-likeness (QED) is 0.806. The summed E-state index contributed by atoms with van der Waals surface area (Å²) in [6, 6.07) is 10.4. The molecular formula is C15H15ClN2O3. The fourth-order valence-corrected chi connectivity index (χ4v) is 1.85. The third-order valence-electron chi connectivity index (χ3n) is 2.77. The van der Waals surface area contributed by atoms with Crippen LogP contribution in [0.15, 0.2) is 47.1 Å². The van der Waals surface area contributed by atoms with Crippen molar-refractivity contribution < 1.29 is 14.0 Å². The van der Waals surface area contributed by atoms with E-state index in [1.165, 1.54) is 6.26 Å². The summed E-state index contributed by atoms with van der Waals surface area (Å²) in [5.41, 5.74) is 1.60. The maximum Gasteiger partial charge on any atom is 0.291 e. The highest BCUT2D eigenvalue weighted by Gasteiger charge is 2.08. The number of alkyl halides is 1. The standard InChI is InChI=1S/C15H15ClN2O3/c16-8-7-14(19)17-10-11-3-5-12(6-4-11)18-15(20)13-2-1-9-21-13/h1-6,9H,7-8,10H2,(H,17,19)(H,18,20). The van der Waals surface area contributed by atoms with Gasteiger partial charge in [-0.15, -0.1) is 11.6 Å². The molecule has 2 amide bonds. The smallest absolute Gasteiger partial charge is 0.291 e. The number of carbonyl (C=O) groups is 2. The van der Waals surface area contributed by atoms with Crippen LogP contribution in [0.25, 0.3) is 0 Å². The first-order chi connectivity index (χ1) is 10.2. The number of hydrogen-bond acceptors (Lipinski definition) is 3. The predicted molar refractivity (Wildman–Crippen MR) is 80.3 cm³/mol. The van der Waals surface area contributed by atoms with Crippen molar-refractivity contribution in [1.82, 2.24) is 5.32 Å². The molecule has 5 nitrogen and oxygen atoms in total. The lowest BCUT2D eigenvalue weighted by Gasteiger charge is -2.06. The molecule has 0 unspecified atom stereocenters. The average molecular weight is 307 g/mol. The van der Waals surface area contributed by atoms with Crippen LogP contribution in [-0.2, 0) is 11.3 Å². The van der Waals surface area contributed by atoms with Gasteiger partial charge in [-0.1, -0.05) is 12.1 Å². The minimum absolute atomic E-state index is 0.0831. The second-order valence-corrected chi connectivity index (χ2v) is 4.72. The highest BCUT2D eigenvalue weighted by Crippen LogP contribution is 2.11. The summed E-state index contributed by atoms with van der Waals surface area (Å²) in [4.78, 5) is 23.1. The Kier molecular flexibility index (Phi) is 5.40. The Labute approximate surface area is 127 Å². The number of nitrogens with one attached hydrogen (secondary N) is 2. The summed E-state index contributed by atoms with van der Waals surface area (Å²) in [7, 11) is 0. The first kappa shape index (κ1) is 15.1. The van der Waals surface area contributed by atoms with E-state index in [1.54, 1.807) is 24.3 Å². The molecule has 2 N–H and O–H groups in total. The number of carbonyl (C=O) groups excluding carboxylic acids is 2. The van der Waals surface area contributed by atoms with Gasteiger partial charge in [-0.3, -0.25) is 9.59 Å². The molecule has 0 saturated carbocycles. The number of amides is 2. The number of rotatable bonds is 6. The van der Waals surface area contributed by atoms with Gasteiger partial charge in [0.05, 0.1) is 6.26 Å². The SMILES string of the molecule is O=C(CCCl)NCc1ccc(NC(=O)c2ccco2)cc1. The molecule has 0 fully saturated rings. The summed E-state index contributed by atoms with van der Waals surface area (Å²) in [5, 5.41) is 5.48. The summed E-state index contributed by atoms with van der Waals surface area (Å²) in [5.74, 6) is 0.180. The van der Waals surface area contributed by atoms with E-state index >= 15 is 0 Å². The molecule has 2 rings (SSSR count). The van der Waals surface area contributed by atoms with Gasteiger partial charge in [0.2, 0.25) is 5.91 Å². The van der Waals surface area contributed by atoms with Crippen molar-refractivity contribution in [2.75, 3.05) is 11.2 Å². The number of benzene rings is 1. The van der Waals surface area contributed by atoms with E-state index in [2.05, 4.69) is 10.6 Å². The van der Waals surface area contributed by atoms with Gasteiger partial charge in [0.25, 0.3) is 5.91 Å². The second-order valence-electron chi connectivity index (χ2n) is 4.34. The van der Waals surface area contributed by atoms with E-state index in [0.717, 1.165) is 5.56 Å². The van der Waals surface area contributed by atoms with Crippen LogP contribution in [0.2, 0.25) is 0 Å². The highest BCUT2D eigenvalue weighted by atomic mass is 35.5. The Bertz CT molecular complexity index is 594. The van der Waals surface area contributed by atoms with E-state index in [4.69, 9.17) is 16.0 Å². The Morgan fingerprint density at radius 3 is 2.52 bits per heavy atom. The lowest BCUT2D eigenvalue weighted by molar-refractivity contribution is -0.120. The van der Waals surface area contributed by atoms with Gasteiger partial charge < -0.3 is 15.1 Å². The maximum absolute atomic E-state index is 11.8. The van der Waals surface area contributed by atoms with Crippen LogP contribution in [0.1, 0.15) is 22.5 Å². The third-order valence-corrected chi connectivity index (χ3v) is 2.96. The molecule has 1 aromatic carbocycles. The number of hydrogen-bond donors (Lipinski definition) is 2. The topological polar surface area (TPSA) is 71.3 Å². The van der Waals surface area contributed by atoms with Gasteiger partial charge in [-0.2, -0.15) is 0 Å². The fraction of sp³-hybridized carbons (Fsp3) is 0.200. The van der Waals surface area contributed by atoms with Crippen LogP contribution in [0.3, 0.4) is 0 Å². The molecule has 21 heavy (non-hydrogen) atoms. The minimum Gasteiger partial charge on any atom is -0.459 e. The Hall–Kier alpha value is -2.27. The van der Waals surface area contributed by atoms with E-state index in [0.29, 0.717) is 24.5 Å². The Morgan fingerprint density at radius 2 is 1.90 bits per heavy atom. The number of halogens is 1. The van der Waals surface area contributed by atoms with Crippen LogP contribution in [0, 0.1) is 0 Å². The van der Waals surface area contributed by atoms with Crippen molar-refractivity contribution in [2.24, 2.45) is 0 Å². The monoisotopic (exact) mass is 306 g/mol. The molecule has 1 heterocycles. The normalized spacial score (nSPS) is 10.1. The molecule has 0 radical (unpaired) electrons. The van der Waals surface area contributed by atoms with Crippen molar-refractivity contribution in [1.29, 1.82) is 0 Å². The van der Waals surface area contributed by atoms with E-state index in [1.807, 2.05) is 12.1 Å². The van der Waals surface area contributed by atoms with E-state index < -0.39 is 0 Å². The Balaban J connectivity index is 1.87. The zero-order valence-corrected chi connectivity index (χ0v) is 12.0. The zero-order chi connectivity index (χ0) is 15.1. The molecule has 2 aromatic rings. The summed E-state index contributed by atoms with van der Waals surface area (Å²) >= 11 is 5.48. The molecule has 0 bridgehead atoms. The maximum atomic E-state index is 11.8. The summed E-state index contributed by atoms with van der Waals surface area (Å²) in [6.45, 7) is 0.433. The molecule has 0 aliphatic heterocycles. The molecule has 110 valence electrons. The van der Waals surface area contributed by atoms with Crippen LogP contribution in [-0.4, -0.2) is 17.7 Å². The van der Waals surface area contributed by atoms with Crippen LogP contribution >= 0.6 is 11.6 Å². The highest BCUT2D eigenvalue weighted by molar-refractivity contribution is 6.18. The van der Waals surface area contributed by atoms with Crippen LogP contribution < -0.4 is 10.6 Å². The van der Waals surface area contributed by atoms with E-state index in [9.17, 15) is 9.59 Å². The van der Waals surface area contributed by atoms with Gasteiger partial charge in [0.15, 0.2) is 5.76 Å². The molecule has 6 heteroatoms. The van der Waals surface area contributed by atoms with Crippen molar-refractivity contribution in [3.8, 4) is 0 Å². The molecule has 0 aliphatic carbocycles. The van der Waals surface area contributed by atoms with Gasteiger partial charge in [0.1, 0.15) is 0 Å². The average Bonchev–Trinajstić information content (AvgIpc) is 3.01. The van der Waals surface area contributed by atoms with Gasteiger partial charge in [-0.05, 0) is 29.8 Å². The molecule has 0 saturated heterocycles. The summed E-state index contributed by atoms with van der Waals surface area (Å²) < 4.78 is 5.01. The number of furan rings is 1. The van der Waals surface area contributed by atoms with Crippen LogP contribution in [0.5, 0.6) is 0 Å². The minimum atomic E-state index is -0.303. The number of anilines is 1. The zero-order valence-electron chi connectivity index (χ0n) is 11.3. The first-order valence-corrected chi connectivity index (χ1v) is 6.99.